The molecule has 0 radical (unpaired) electrons. The van der Waals surface area contributed by atoms with Crippen LogP contribution in [0.3, 0.4) is 0 Å². The zero-order valence-electron chi connectivity index (χ0n) is 11.2. The van der Waals surface area contributed by atoms with Crippen molar-refractivity contribution >= 4 is 45.0 Å². The summed E-state index contributed by atoms with van der Waals surface area (Å²) in [6, 6.07) is 8.17. The highest BCUT2D eigenvalue weighted by Gasteiger charge is 2.10. The summed E-state index contributed by atoms with van der Waals surface area (Å²) in [4.78, 5) is 14.5. The van der Waals surface area contributed by atoms with Gasteiger partial charge in [0.15, 0.2) is 0 Å². The monoisotopic (exact) mass is 293 g/mol. The van der Waals surface area contributed by atoms with E-state index in [0.717, 1.165) is 20.0 Å². The van der Waals surface area contributed by atoms with Gasteiger partial charge in [0.1, 0.15) is 0 Å². The number of thiophene rings is 1. The lowest BCUT2D eigenvalue weighted by molar-refractivity contribution is -0.126. The molecule has 0 bridgehead atoms. The van der Waals surface area contributed by atoms with Gasteiger partial charge in [-0.1, -0.05) is 29.8 Å². The van der Waals surface area contributed by atoms with Crippen molar-refractivity contribution in [3.8, 4) is 0 Å². The first-order valence-corrected chi connectivity index (χ1v) is 7.32. The number of hydrogen-bond donors (Lipinski definition) is 0. The van der Waals surface area contributed by atoms with Crippen LogP contribution in [0.1, 0.15) is 18.7 Å². The Kier molecular flexibility index (Phi) is 4.27. The van der Waals surface area contributed by atoms with Crippen molar-refractivity contribution in [2.45, 2.75) is 19.9 Å². The smallest absolute Gasteiger partial charge is 0.246 e. The summed E-state index contributed by atoms with van der Waals surface area (Å²) in [5, 5.41) is 1.76. The maximum atomic E-state index is 11.9. The second kappa shape index (κ2) is 5.76. The molecule has 0 aliphatic carbocycles. The third-order valence-electron chi connectivity index (χ3n) is 3.06. The summed E-state index contributed by atoms with van der Waals surface area (Å²) < 4.78 is 1.14. The van der Waals surface area contributed by atoms with Crippen molar-refractivity contribution < 1.29 is 4.79 Å². The summed E-state index contributed by atoms with van der Waals surface area (Å²) >= 11 is 7.91. The number of nitrogens with zero attached hydrogens (tertiary/aromatic N) is 1. The fraction of sp³-hybridized carbons (Fsp3) is 0.267. The zero-order valence-corrected chi connectivity index (χ0v) is 12.8. The molecule has 1 amide bonds. The van der Waals surface area contributed by atoms with Crippen LogP contribution in [0, 0.1) is 0 Å². The summed E-state index contributed by atoms with van der Waals surface area (Å²) in [6.45, 7) is 3.97. The zero-order chi connectivity index (χ0) is 14.0. The van der Waals surface area contributed by atoms with E-state index in [1.165, 1.54) is 0 Å². The molecule has 0 fully saturated rings. The van der Waals surface area contributed by atoms with Crippen LogP contribution in [0.15, 0.2) is 30.3 Å². The van der Waals surface area contributed by atoms with Crippen LogP contribution >= 0.6 is 22.9 Å². The Morgan fingerprint density at radius 2 is 2.05 bits per heavy atom. The van der Waals surface area contributed by atoms with E-state index in [4.69, 9.17) is 11.6 Å². The van der Waals surface area contributed by atoms with Crippen LogP contribution in [0.4, 0.5) is 0 Å². The van der Waals surface area contributed by atoms with E-state index in [2.05, 4.69) is 0 Å². The van der Waals surface area contributed by atoms with Crippen LogP contribution < -0.4 is 0 Å². The predicted octanol–water partition coefficient (Wildman–Crippen LogP) is 4.43. The van der Waals surface area contributed by atoms with E-state index in [9.17, 15) is 4.79 Å². The Morgan fingerprint density at radius 3 is 2.68 bits per heavy atom. The highest BCUT2D eigenvalue weighted by molar-refractivity contribution is 7.20. The van der Waals surface area contributed by atoms with Crippen molar-refractivity contribution in [2.24, 2.45) is 0 Å². The summed E-state index contributed by atoms with van der Waals surface area (Å²) in [7, 11) is 1.80. The fourth-order valence-electron chi connectivity index (χ4n) is 1.66. The number of amides is 1. The second-order valence-corrected chi connectivity index (χ2v) is 6.11. The normalized spacial score (nSPS) is 11.6. The van der Waals surface area contributed by atoms with Crippen LogP contribution in [0.25, 0.3) is 16.2 Å². The molecule has 0 aliphatic heterocycles. The van der Waals surface area contributed by atoms with Crippen LogP contribution in [0.2, 0.25) is 5.02 Å². The number of carbonyl (C=O) groups is 1. The SMILES string of the molecule is CC(C)N(C)C(=O)C=Cc1sc2ccccc2c1Cl. The van der Waals surface area contributed by atoms with E-state index < -0.39 is 0 Å². The average Bonchev–Trinajstić information content (AvgIpc) is 2.72. The first kappa shape index (κ1) is 14.1. The lowest BCUT2D eigenvalue weighted by Crippen LogP contribution is -2.31. The fourth-order valence-corrected chi connectivity index (χ4v) is 3.06. The third-order valence-corrected chi connectivity index (χ3v) is 4.71. The van der Waals surface area contributed by atoms with Gasteiger partial charge in [-0.15, -0.1) is 11.3 Å². The molecule has 19 heavy (non-hydrogen) atoms. The Hall–Kier alpha value is -1.32. The van der Waals surface area contributed by atoms with Gasteiger partial charge in [-0.25, -0.2) is 0 Å². The number of carbonyl (C=O) groups excluding carboxylic acids is 1. The molecule has 2 rings (SSSR count). The predicted molar refractivity (Wildman–Crippen MR) is 83.8 cm³/mol. The van der Waals surface area contributed by atoms with Crippen LogP contribution in [-0.2, 0) is 4.79 Å². The van der Waals surface area contributed by atoms with Gasteiger partial charge in [0.2, 0.25) is 5.91 Å². The van der Waals surface area contributed by atoms with Gasteiger partial charge in [-0.2, -0.15) is 0 Å². The van der Waals surface area contributed by atoms with Crippen molar-refractivity contribution in [1.29, 1.82) is 0 Å². The Labute approximate surface area is 122 Å². The van der Waals surface area contributed by atoms with E-state index in [1.807, 2.05) is 38.1 Å². The van der Waals surface area contributed by atoms with E-state index in [1.54, 1.807) is 35.4 Å². The number of hydrogen-bond acceptors (Lipinski definition) is 2. The lowest BCUT2D eigenvalue weighted by atomic mass is 10.2. The van der Waals surface area contributed by atoms with Crippen molar-refractivity contribution in [3.63, 3.8) is 0 Å². The van der Waals surface area contributed by atoms with Gasteiger partial charge >= 0.3 is 0 Å². The molecule has 4 heteroatoms. The number of halogens is 1. The summed E-state index contributed by atoms with van der Waals surface area (Å²) in [6.07, 6.45) is 3.38. The molecular weight excluding hydrogens is 278 g/mol. The van der Waals surface area contributed by atoms with Gasteiger partial charge in [-0.3, -0.25) is 4.79 Å². The summed E-state index contributed by atoms with van der Waals surface area (Å²) in [5.41, 5.74) is 0. The minimum atomic E-state index is -0.0106. The van der Waals surface area contributed by atoms with Gasteiger partial charge in [0.05, 0.1) is 5.02 Å². The minimum absolute atomic E-state index is 0.0106. The van der Waals surface area contributed by atoms with Gasteiger partial charge in [0, 0.05) is 34.1 Å². The summed E-state index contributed by atoms with van der Waals surface area (Å²) in [5.74, 6) is -0.0106. The number of benzene rings is 1. The third kappa shape index (κ3) is 2.99. The van der Waals surface area contributed by atoms with Gasteiger partial charge in [0.25, 0.3) is 0 Å². The molecule has 2 nitrogen and oxygen atoms in total. The topological polar surface area (TPSA) is 20.3 Å². The molecule has 0 saturated carbocycles. The van der Waals surface area contributed by atoms with Crippen LogP contribution in [0.5, 0.6) is 0 Å². The van der Waals surface area contributed by atoms with E-state index >= 15 is 0 Å². The van der Waals surface area contributed by atoms with Crippen molar-refractivity contribution in [1.82, 2.24) is 4.90 Å². The minimum Gasteiger partial charge on any atom is -0.340 e. The molecule has 0 spiro atoms. The number of likely N-dealkylation sites (N-methyl/N-ethyl adjacent to an activating group) is 1. The van der Waals surface area contributed by atoms with Crippen molar-refractivity contribution in [2.75, 3.05) is 7.05 Å². The molecule has 2 aromatic rings. The maximum Gasteiger partial charge on any atom is 0.246 e. The Balaban J connectivity index is 2.26. The molecule has 1 aromatic heterocycles. The molecular formula is C15H16ClNOS. The molecule has 0 N–H and O–H groups in total. The lowest BCUT2D eigenvalue weighted by Gasteiger charge is -2.19. The average molecular weight is 294 g/mol. The highest BCUT2D eigenvalue weighted by Crippen LogP contribution is 2.35. The van der Waals surface area contributed by atoms with Gasteiger partial charge in [-0.05, 0) is 26.0 Å². The molecule has 1 heterocycles. The molecule has 0 aliphatic rings. The quantitative estimate of drug-likeness (QED) is 0.766. The van der Waals surface area contributed by atoms with E-state index in [0.29, 0.717) is 0 Å². The van der Waals surface area contributed by atoms with E-state index in [-0.39, 0.29) is 11.9 Å². The number of fused-ring (bicyclic) bond motifs is 1. The standard InChI is InChI=1S/C15H16ClNOS/c1-10(2)17(3)14(18)9-8-13-15(16)11-6-4-5-7-12(11)19-13/h4-10H,1-3H3. The number of rotatable bonds is 3. The molecule has 0 atom stereocenters. The molecule has 0 unspecified atom stereocenters. The van der Waals surface area contributed by atoms with Crippen molar-refractivity contribution in [3.05, 3.63) is 40.2 Å². The largest absolute Gasteiger partial charge is 0.340 e. The molecule has 100 valence electrons. The van der Waals surface area contributed by atoms with Gasteiger partial charge < -0.3 is 4.90 Å². The maximum absolute atomic E-state index is 11.9. The first-order valence-electron chi connectivity index (χ1n) is 6.12. The Bertz CT molecular complexity index is 630. The molecule has 0 saturated heterocycles. The second-order valence-electron chi connectivity index (χ2n) is 4.65. The van der Waals surface area contributed by atoms with Crippen LogP contribution in [-0.4, -0.2) is 23.9 Å². The highest BCUT2D eigenvalue weighted by atomic mass is 35.5. The first-order chi connectivity index (χ1) is 9.00. The Morgan fingerprint density at radius 1 is 1.37 bits per heavy atom. The molecule has 1 aromatic carbocycles.